The van der Waals surface area contributed by atoms with Crippen LogP contribution in [0.15, 0.2) is 35.3 Å². The quantitative estimate of drug-likeness (QED) is 0.635. The van der Waals surface area contributed by atoms with Crippen molar-refractivity contribution >= 4 is 17.7 Å². The van der Waals surface area contributed by atoms with E-state index >= 15 is 0 Å². The number of nitrogens with zero attached hydrogens (tertiary/aromatic N) is 1. The van der Waals surface area contributed by atoms with E-state index in [0.717, 1.165) is 12.5 Å². The Morgan fingerprint density at radius 3 is 2.50 bits per heavy atom. The van der Waals surface area contributed by atoms with E-state index in [2.05, 4.69) is 60.0 Å². The molecule has 0 aromatic heterocycles. The van der Waals surface area contributed by atoms with Crippen LogP contribution >= 0.6 is 11.8 Å². The summed E-state index contributed by atoms with van der Waals surface area (Å²) in [7, 11) is 1.80. The number of guanidine groups is 1. The fourth-order valence-corrected chi connectivity index (χ4v) is 1.80. The highest BCUT2D eigenvalue weighted by atomic mass is 32.2. The number of aliphatic imine (C=N–C) groups is 1. The van der Waals surface area contributed by atoms with Crippen LogP contribution in [0.4, 0.5) is 0 Å². The van der Waals surface area contributed by atoms with Gasteiger partial charge >= 0.3 is 0 Å². The lowest BCUT2D eigenvalue weighted by Gasteiger charge is -2.19. The second-order valence-corrected chi connectivity index (χ2v) is 5.55. The summed E-state index contributed by atoms with van der Waals surface area (Å²) < 4.78 is 0. The van der Waals surface area contributed by atoms with Crippen LogP contribution in [-0.2, 0) is 0 Å². The van der Waals surface area contributed by atoms with Crippen molar-refractivity contribution in [2.75, 3.05) is 19.8 Å². The lowest BCUT2D eigenvalue weighted by Crippen LogP contribution is -2.41. The fourth-order valence-electron chi connectivity index (χ4n) is 1.55. The molecule has 0 spiro atoms. The molecule has 100 valence electrons. The summed E-state index contributed by atoms with van der Waals surface area (Å²) >= 11 is 1.85. The van der Waals surface area contributed by atoms with Crippen molar-refractivity contribution in [3.63, 3.8) is 0 Å². The van der Waals surface area contributed by atoms with Crippen molar-refractivity contribution in [1.29, 1.82) is 0 Å². The highest BCUT2D eigenvalue weighted by molar-refractivity contribution is 7.99. The Morgan fingerprint density at radius 1 is 1.28 bits per heavy atom. The Labute approximate surface area is 114 Å². The minimum Gasteiger partial charge on any atom is -0.355 e. The molecule has 18 heavy (non-hydrogen) atoms. The monoisotopic (exact) mass is 265 g/mol. The Bertz CT molecular complexity index is 365. The van der Waals surface area contributed by atoms with Crippen LogP contribution in [0.3, 0.4) is 0 Å². The molecule has 0 amide bonds. The van der Waals surface area contributed by atoms with Crippen LogP contribution in [0.2, 0.25) is 0 Å². The molecule has 0 aliphatic rings. The Balaban J connectivity index is 2.49. The zero-order chi connectivity index (χ0) is 13.4. The van der Waals surface area contributed by atoms with Gasteiger partial charge in [0.2, 0.25) is 0 Å². The lowest BCUT2D eigenvalue weighted by atomic mass is 10.1. The largest absolute Gasteiger partial charge is 0.355 e. The molecule has 0 aliphatic heterocycles. The van der Waals surface area contributed by atoms with E-state index < -0.39 is 0 Å². The van der Waals surface area contributed by atoms with E-state index in [1.807, 2.05) is 17.8 Å². The first-order valence-corrected chi connectivity index (χ1v) is 7.51. The fraction of sp³-hybridized carbons (Fsp3) is 0.500. The Hall–Kier alpha value is -1.16. The number of benzene rings is 1. The molecular weight excluding hydrogens is 242 g/mol. The Kier molecular flexibility index (Phi) is 6.65. The average molecular weight is 265 g/mol. The molecule has 0 fully saturated rings. The summed E-state index contributed by atoms with van der Waals surface area (Å²) in [5, 5.41) is 7.31. The highest BCUT2D eigenvalue weighted by Gasteiger charge is 2.07. The number of thioether (sulfide) groups is 1. The zero-order valence-electron chi connectivity index (χ0n) is 11.6. The molecule has 2 unspecified atom stereocenters. The lowest BCUT2D eigenvalue weighted by molar-refractivity contribution is 0.684. The molecule has 1 aromatic rings. The third-order valence-electron chi connectivity index (χ3n) is 2.84. The number of hydrogen-bond acceptors (Lipinski definition) is 2. The van der Waals surface area contributed by atoms with Crippen molar-refractivity contribution < 1.29 is 0 Å². The molecule has 2 N–H and O–H groups in total. The van der Waals surface area contributed by atoms with Gasteiger partial charge in [-0.15, -0.1) is 0 Å². The average Bonchev–Trinajstić information content (AvgIpc) is 2.43. The van der Waals surface area contributed by atoms with E-state index in [0.29, 0.717) is 5.25 Å². The second-order valence-electron chi connectivity index (χ2n) is 4.28. The van der Waals surface area contributed by atoms with E-state index in [-0.39, 0.29) is 6.04 Å². The summed E-state index contributed by atoms with van der Waals surface area (Å²) in [5.41, 5.74) is 1.26. The molecule has 2 atom stereocenters. The summed E-state index contributed by atoms with van der Waals surface area (Å²) in [4.78, 5) is 4.24. The molecule has 1 rings (SSSR count). The maximum Gasteiger partial charge on any atom is 0.191 e. The molecule has 0 radical (unpaired) electrons. The van der Waals surface area contributed by atoms with Gasteiger partial charge in [0, 0.05) is 18.8 Å². The van der Waals surface area contributed by atoms with Crippen LogP contribution in [0, 0.1) is 0 Å². The van der Waals surface area contributed by atoms with Crippen LogP contribution in [0.25, 0.3) is 0 Å². The molecule has 0 heterocycles. The smallest absolute Gasteiger partial charge is 0.191 e. The first-order chi connectivity index (χ1) is 8.67. The third-order valence-corrected chi connectivity index (χ3v) is 3.81. The van der Waals surface area contributed by atoms with Gasteiger partial charge in [0.05, 0.1) is 6.04 Å². The van der Waals surface area contributed by atoms with Crippen LogP contribution in [-0.4, -0.2) is 31.1 Å². The van der Waals surface area contributed by atoms with E-state index in [1.165, 1.54) is 5.56 Å². The van der Waals surface area contributed by atoms with Gasteiger partial charge < -0.3 is 10.6 Å². The standard InChI is InChI=1S/C14H23N3S/c1-11(18-4)10-16-14(15-3)17-12(2)13-8-6-5-7-9-13/h5-9,11-12H,10H2,1-4H3,(H2,15,16,17). The predicted molar refractivity (Wildman–Crippen MR) is 82.3 cm³/mol. The molecule has 0 aliphatic carbocycles. The molecule has 0 saturated carbocycles. The van der Waals surface area contributed by atoms with Crippen molar-refractivity contribution in [1.82, 2.24) is 10.6 Å². The van der Waals surface area contributed by atoms with E-state index in [4.69, 9.17) is 0 Å². The summed E-state index contributed by atoms with van der Waals surface area (Å²) in [6.45, 7) is 5.26. The van der Waals surface area contributed by atoms with Crippen LogP contribution in [0.1, 0.15) is 25.5 Å². The van der Waals surface area contributed by atoms with Gasteiger partial charge in [-0.25, -0.2) is 0 Å². The van der Waals surface area contributed by atoms with Crippen LogP contribution in [0.5, 0.6) is 0 Å². The van der Waals surface area contributed by atoms with Crippen molar-refractivity contribution in [2.45, 2.75) is 25.1 Å². The topological polar surface area (TPSA) is 36.4 Å². The number of nitrogens with one attached hydrogen (secondary N) is 2. The molecule has 0 saturated heterocycles. The molecule has 4 heteroatoms. The first-order valence-electron chi connectivity index (χ1n) is 6.22. The minimum absolute atomic E-state index is 0.252. The summed E-state index contributed by atoms with van der Waals surface area (Å²) in [6.07, 6.45) is 2.12. The normalized spacial score (nSPS) is 15.0. The minimum atomic E-state index is 0.252. The van der Waals surface area contributed by atoms with Gasteiger partial charge in [0.15, 0.2) is 5.96 Å². The summed E-state index contributed by atoms with van der Waals surface area (Å²) in [5.74, 6) is 0.854. The molecule has 3 nitrogen and oxygen atoms in total. The van der Waals surface area contributed by atoms with Gasteiger partial charge in [-0.2, -0.15) is 11.8 Å². The van der Waals surface area contributed by atoms with Gasteiger partial charge in [0.25, 0.3) is 0 Å². The molecule has 1 aromatic carbocycles. The first kappa shape index (κ1) is 14.9. The van der Waals surface area contributed by atoms with Gasteiger partial charge in [-0.1, -0.05) is 37.3 Å². The molecule has 0 bridgehead atoms. The summed E-state index contributed by atoms with van der Waals surface area (Å²) in [6, 6.07) is 10.6. The second kappa shape index (κ2) is 8.03. The van der Waals surface area contributed by atoms with E-state index in [9.17, 15) is 0 Å². The van der Waals surface area contributed by atoms with Crippen molar-refractivity contribution in [2.24, 2.45) is 4.99 Å². The van der Waals surface area contributed by atoms with Gasteiger partial charge in [-0.3, -0.25) is 4.99 Å². The van der Waals surface area contributed by atoms with E-state index in [1.54, 1.807) is 7.05 Å². The Morgan fingerprint density at radius 2 is 1.94 bits per heavy atom. The molecular formula is C14H23N3S. The van der Waals surface area contributed by atoms with Crippen LogP contribution < -0.4 is 10.6 Å². The zero-order valence-corrected chi connectivity index (χ0v) is 12.4. The van der Waals surface area contributed by atoms with Crippen molar-refractivity contribution in [3.8, 4) is 0 Å². The highest BCUT2D eigenvalue weighted by Crippen LogP contribution is 2.10. The predicted octanol–water partition coefficient (Wildman–Crippen LogP) is 2.66. The third kappa shape index (κ3) is 5.00. The van der Waals surface area contributed by atoms with Gasteiger partial charge in [-0.05, 0) is 18.7 Å². The maximum atomic E-state index is 4.24. The number of hydrogen-bond donors (Lipinski definition) is 2. The number of rotatable bonds is 5. The maximum absolute atomic E-state index is 4.24. The van der Waals surface area contributed by atoms with Gasteiger partial charge in [0.1, 0.15) is 0 Å². The van der Waals surface area contributed by atoms with Crippen molar-refractivity contribution in [3.05, 3.63) is 35.9 Å². The SMILES string of the molecule is CN=C(NCC(C)SC)NC(C)c1ccccc1.